The Morgan fingerprint density at radius 2 is 2.15 bits per heavy atom. The number of benzene rings is 1. The van der Waals surface area contributed by atoms with Crippen LogP contribution in [0.4, 0.5) is 11.4 Å². The van der Waals surface area contributed by atoms with Crippen molar-refractivity contribution >= 4 is 22.7 Å². The molecule has 0 saturated carbocycles. The fourth-order valence-corrected chi connectivity index (χ4v) is 2.73. The van der Waals surface area contributed by atoms with Gasteiger partial charge >= 0.3 is 0 Å². The van der Waals surface area contributed by atoms with E-state index >= 15 is 0 Å². The smallest absolute Gasteiger partial charge is 0.144 e. The molecule has 0 aliphatic carbocycles. The summed E-state index contributed by atoms with van der Waals surface area (Å²) in [6.07, 6.45) is 0.113. The van der Waals surface area contributed by atoms with Gasteiger partial charge in [0.2, 0.25) is 0 Å². The Morgan fingerprint density at radius 3 is 2.75 bits per heavy atom. The van der Waals surface area contributed by atoms with Crippen LogP contribution in [0.1, 0.15) is 24.4 Å². The van der Waals surface area contributed by atoms with Crippen molar-refractivity contribution < 1.29 is 4.74 Å². The summed E-state index contributed by atoms with van der Waals surface area (Å²) in [6.45, 7) is 6.87. The number of hydrogen-bond acceptors (Lipinski definition) is 5. The zero-order chi connectivity index (χ0) is 14.7. The Balaban J connectivity index is 2.17. The molecule has 4 nitrogen and oxygen atoms in total. The molecule has 0 radical (unpaired) electrons. The molecule has 0 spiro atoms. The standard InChI is InChI=1S/C15H21N3OS/c1-10(2)19-14-7-12(5-6-13(14)16)18(4)8-15-11(3)17-9-20-15/h5-7,9-10H,8,16H2,1-4H3. The van der Waals surface area contributed by atoms with Gasteiger partial charge in [-0.2, -0.15) is 0 Å². The summed E-state index contributed by atoms with van der Waals surface area (Å²) in [6, 6.07) is 5.90. The Kier molecular flexibility index (Phi) is 4.49. The molecule has 0 aliphatic heterocycles. The molecule has 0 bridgehead atoms. The quantitative estimate of drug-likeness (QED) is 0.857. The summed E-state index contributed by atoms with van der Waals surface area (Å²) in [4.78, 5) is 7.73. The van der Waals surface area contributed by atoms with Gasteiger partial charge in [-0.1, -0.05) is 0 Å². The lowest BCUT2D eigenvalue weighted by atomic mass is 10.2. The third-order valence-electron chi connectivity index (χ3n) is 3.03. The summed E-state index contributed by atoms with van der Waals surface area (Å²) in [5.74, 6) is 0.741. The number of nitrogen functional groups attached to an aromatic ring is 1. The van der Waals surface area contributed by atoms with Gasteiger partial charge in [0, 0.05) is 23.7 Å². The van der Waals surface area contributed by atoms with Gasteiger partial charge < -0.3 is 15.4 Å². The molecule has 0 amide bonds. The van der Waals surface area contributed by atoms with Crippen LogP contribution in [0.25, 0.3) is 0 Å². The first-order valence-corrected chi connectivity index (χ1v) is 7.51. The second-order valence-corrected chi connectivity index (χ2v) is 6.05. The zero-order valence-corrected chi connectivity index (χ0v) is 13.2. The third kappa shape index (κ3) is 3.42. The van der Waals surface area contributed by atoms with Crippen molar-refractivity contribution in [3.63, 3.8) is 0 Å². The van der Waals surface area contributed by atoms with Crippen LogP contribution < -0.4 is 15.4 Å². The van der Waals surface area contributed by atoms with E-state index in [0.29, 0.717) is 5.69 Å². The van der Waals surface area contributed by atoms with Gasteiger partial charge in [-0.25, -0.2) is 4.98 Å². The van der Waals surface area contributed by atoms with Crippen LogP contribution in [-0.2, 0) is 6.54 Å². The predicted octanol–water partition coefficient (Wildman–Crippen LogP) is 3.46. The van der Waals surface area contributed by atoms with Crippen molar-refractivity contribution in [2.75, 3.05) is 17.7 Å². The normalized spacial score (nSPS) is 10.8. The molecule has 108 valence electrons. The highest BCUT2D eigenvalue weighted by molar-refractivity contribution is 7.09. The number of nitrogens with two attached hydrogens (primary N) is 1. The lowest BCUT2D eigenvalue weighted by Gasteiger charge is -2.21. The van der Waals surface area contributed by atoms with Gasteiger partial charge in [0.25, 0.3) is 0 Å². The average molecular weight is 291 g/mol. The van der Waals surface area contributed by atoms with Crippen LogP contribution in [0.5, 0.6) is 5.75 Å². The molecular weight excluding hydrogens is 270 g/mol. The Labute approximate surface area is 124 Å². The molecule has 1 aromatic carbocycles. The minimum Gasteiger partial charge on any atom is -0.489 e. The van der Waals surface area contributed by atoms with Crippen molar-refractivity contribution in [2.24, 2.45) is 0 Å². The molecule has 0 atom stereocenters. The highest BCUT2D eigenvalue weighted by Gasteiger charge is 2.10. The summed E-state index contributed by atoms with van der Waals surface area (Å²) < 4.78 is 5.73. The first kappa shape index (κ1) is 14.7. The number of aromatic nitrogens is 1. The van der Waals surface area contributed by atoms with Gasteiger partial charge in [-0.05, 0) is 32.9 Å². The van der Waals surface area contributed by atoms with Crippen molar-refractivity contribution in [1.82, 2.24) is 4.98 Å². The molecule has 0 fully saturated rings. The van der Waals surface area contributed by atoms with Crippen LogP contribution in [0.3, 0.4) is 0 Å². The van der Waals surface area contributed by atoms with E-state index in [4.69, 9.17) is 10.5 Å². The second kappa shape index (κ2) is 6.13. The maximum atomic E-state index is 5.95. The molecule has 0 aliphatic rings. The van der Waals surface area contributed by atoms with Crippen molar-refractivity contribution in [3.05, 3.63) is 34.3 Å². The second-order valence-electron chi connectivity index (χ2n) is 5.11. The number of hydrogen-bond donors (Lipinski definition) is 1. The maximum Gasteiger partial charge on any atom is 0.144 e. The summed E-state index contributed by atoms with van der Waals surface area (Å²) in [5.41, 5.74) is 10.7. The van der Waals surface area contributed by atoms with Gasteiger partial charge in [-0.15, -0.1) is 11.3 Å². The van der Waals surface area contributed by atoms with Crippen molar-refractivity contribution in [3.8, 4) is 5.75 Å². The van der Waals surface area contributed by atoms with Crippen molar-refractivity contribution in [1.29, 1.82) is 0 Å². The Bertz CT molecular complexity index is 580. The molecule has 5 heteroatoms. The predicted molar refractivity (Wildman–Crippen MR) is 85.6 cm³/mol. The summed E-state index contributed by atoms with van der Waals surface area (Å²) in [5, 5.41) is 0. The largest absolute Gasteiger partial charge is 0.489 e. The minimum absolute atomic E-state index is 0.113. The third-order valence-corrected chi connectivity index (χ3v) is 3.95. The number of thiazole rings is 1. The summed E-state index contributed by atoms with van der Waals surface area (Å²) >= 11 is 1.68. The van der Waals surface area contributed by atoms with Gasteiger partial charge in [0.15, 0.2) is 0 Å². The molecule has 2 N–H and O–H groups in total. The topological polar surface area (TPSA) is 51.4 Å². The van der Waals surface area contributed by atoms with Crippen LogP contribution >= 0.6 is 11.3 Å². The van der Waals surface area contributed by atoms with E-state index in [0.717, 1.165) is 23.7 Å². The highest BCUT2D eigenvalue weighted by atomic mass is 32.1. The average Bonchev–Trinajstić information content (AvgIpc) is 2.77. The molecular formula is C15H21N3OS. The fourth-order valence-electron chi connectivity index (χ4n) is 1.90. The van der Waals surface area contributed by atoms with E-state index in [-0.39, 0.29) is 6.10 Å². The van der Waals surface area contributed by atoms with Crippen LogP contribution in [0.15, 0.2) is 23.7 Å². The Hall–Kier alpha value is -1.75. The van der Waals surface area contributed by atoms with E-state index < -0.39 is 0 Å². The number of ether oxygens (including phenoxy) is 1. The van der Waals surface area contributed by atoms with Gasteiger partial charge in [0.1, 0.15) is 5.75 Å². The number of aryl methyl sites for hydroxylation is 1. The number of rotatable bonds is 5. The van der Waals surface area contributed by atoms with Gasteiger partial charge in [0.05, 0.1) is 29.5 Å². The molecule has 0 unspecified atom stereocenters. The van der Waals surface area contributed by atoms with E-state index in [1.54, 1.807) is 11.3 Å². The van der Waals surface area contributed by atoms with Crippen LogP contribution in [-0.4, -0.2) is 18.1 Å². The molecule has 1 aromatic heterocycles. The van der Waals surface area contributed by atoms with E-state index in [1.807, 2.05) is 44.5 Å². The number of nitrogens with zero attached hydrogens (tertiary/aromatic N) is 2. The highest BCUT2D eigenvalue weighted by Crippen LogP contribution is 2.29. The lowest BCUT2D eigenvalue weighted by molar-refractivity contribution is 0.244. The Morgan fingerprint density at radius 1 is 1.40 bits per heavy atom. The zero-order valence-electron chi connectivity index (χ0n) is 12.4. The van der Waals surface area contributed by atoms with E-state index in [9.17, 15) is 0 Å². The van der Waals surface area contributed by atoms with E-state index in [2.05, 4.69) is 16.9 Å². The van der Waals surface area contributed by atoms with Crippen LogP contribution in [0, 0.1) is 6.92 Å². The first-order valence-electron chi connectivity index (χ1n) is 6.63. The molecule has 2 rings (SSSR count). The maximum absolute atomic E-state index is 5.95. The molecule has 0 saturated heterocycles. The first-order chi connectivity index (χ1) is 9.47. The number of anilines is 2. The summed E-state index contributed by atoms with van der Waals surface area (Å²) in [7, 11) is 2.06. The van der Waals surface area contributed by atoms with Crippen LogP contribution in [0.2, 0.25) is 0 Å². The minimum atomic E-state index is 0.113. The molecule has 2 aromatic rings. The lowest BCUT2D eigenvalue weighted by Crippen LogP contribution is -2.17. The monoisotopic (exact) mass is 291 g/mol. The fraction of sp³-hybridized carbons (Fsp3) is 0.400. The SMILES string of the molecule is Cc1ncsc1CN(C)c1ccc(N)c(OC(C)C)c1. The van der Waals surface area contributed by atoms with Gasteiger partial charge in [-0.3, -0.25) is 0 Å². The van der Waals surface area contributed by atoms with Crippen molar-refractivity contribution in [2.45, 2.75) is 33.4 Å². The molecule has 1 heterocycles. The molecule has 20 heavy (non-hydrogen) atoms. The van der Waals surface area contributed by atoms with E-state index in [1.165, 1.54) is 4.88 Å².